The van der Waals surface area contributed by atoms with Crippen molar-refractivity contribution in [2.24, 2.45) is 5.73 Å². The molecule has 0 aliphatic carbocycles. The Hall–Kier alpha value is -2.83. The average molecular weight is 289 g/mol. The van der Waals surface area contributed by atoms with E-state index in [1.807, 2.05) is 12.1 Å². The van der Waals surface area contributed by atoms with Crippen molar-refractivity contribution in [2.75, 3.05) is 13.1 Å². The van der Waals surface area contributed by atoms with E-state index < -0.39 is 30.9 Å². The zero-order valence-electron chi connectivity index (χ0n) is 11.4. The van der Waals surface area contributed by atoms with Crippen LogP contribution in [0.15, 0.2) is 24.3 Å². The summed E-state index contributed by atoms with van der Waals surface area (Å²) in [5.74, 6) is -2.50. The molecule has 0 fully saturated rings. The largest absolute Gasteiger partial charge is 0.480 e. The summed E-state index contributed by atoms with van der Waals surface area (Å²) in [7, 11) is 0. The number of para-hydroxylation sites is 1. The molecule has 0 atom stereocenters. The minimum atomic E-state index is -1.21. The number of rotatable bonds is 5. The van der Waals surface area contributed by atoms with Crippen molar-refractivity contribution < 1.29 is 19.5 Å². The summed E-state index contributed by atoms with van der Waals surface area (Å²) in [6.07, 6.45) is 0. The van der Waals surface area contributed by atoms with Crippen LogP contribution >= 0.6 is 0 Å². The zero-order chi connectivity index (χ0) is 15.6. The van der Waals surface area contributed by atoms with Gasteiger partial charge in [0, 0.05) is 16.6 Å². The maximum absolute atomic E-state index is 12.5. The van der Waals surface area contributed by atoms with E-state index in [0.717, 1.165) is 10.4 Å². The van der Waals surface area contributed by atoms with Crippen LogP contribution in [0.3, 0.4) is 0 Å². The molecule has 2 aromatic rings. The number of H-pyrrole nitrogens is 1. The smallest absolute Gasteiger partial charge is 0.323 e. The molecule has 7 heteroatoms. The Morgan fingerprint density at radius 3 is 2.52 bits per heavy atom. The summed E-state index contributed by atoms with van der Waals surface area (Å²) in [4.78, 5) is 38.4. The molecular weight excluding hydrogens is 274 g/mol. The third-order valence-electron chi connectivity index (χ3n) is 3.07. The van der Waals surface area contributed by atoms with Gasteiger partial charge >= 0.3 is 5.97 Å². The zero-order valence-corrected chi connectivity index (χ0v) is 11.4. The summed E-state index contributed by atoms with van der Waals surface area (Å²) >= 11 is 0. The van der Waals surface area contributed by atoms with Gasteiger partial charge in [-0.1, -0.05) is 18.2 Å². The van der Waals surface area contributed by atoms with Crippen molar-refractivity contribution in [3.8, 4) is 0 Å². The van der Waals surface area contributed by atoms with Crippen molar-refractivity contribution in [2.45, 2.75) is 6.92 Å². The Morgan fingerprint density at radius 2 is 1.90 bits per heavy atom. The van der Waals surface area contributed by atoms with Crippen LogP contribution in [0.1, 0.15) is 16.1 Å². The molecule has 0 saturated carbocycles. The van der Waals surface area contributed by atoms with E-state index in [-0.39, 0.29) is 0 Å². The first kappa shape index (κ1) is 14.6. The van der Waals surface area contributed by atoms with Gasteiger partial charge in [-0.2, -0.15) is 0 Å². The molecular formula is C14H15N3O4. The Morgan fingerprint density at radius 1 is 1.24 bits per heavy atom. The lowest BCUT2D eigenvalue weighted by molar-refractivity contribution is -0.138. The number of amides is 2. The number of nitrogens with two attached hydrogens (primary N) is 1. The number of benzene rings is 1. The molecule has 2 rings (SSSR count). The van der Waals surface area contributed by atoms with E-state index in [1.165, 1.54) is 0 Å². The molecule has 0 radical (unpaired) electrons. The fourth-order valence-electron chi connectivity index (χ4n) is 2.26. The van der Waals surface area contributed by atoms with E-state index in [4.69, 9.17) is 10.8 Å². The molecule has 0 unspecified atom stereocenters. The number of carboxylic acid groups (broad SMARTS) is 1. The quantitative estimate of drug-likeness (QED) is 0.742. The van der Waals surface area contributed by atoms with E-state index in [0.29, 0.717) is 16.6 Å². The summed E-state index contributed by atoms with van der Waals surface area (Å²) in [5.41, 5.74) is 6.82. The monoisotopic (exact) mass is 289 g/mol. The molecule has 7 nitrogen and oxygen atoms in total. The number of fused-ring (bicyclic) bond motifs is 1. The molecule has 4 N–H and O–H groups in total. The fraction of sp³-hybridized carbons (Fsp3) is 0.214. The summed E-state index contributed by atoms with van der Waals surface area (Å²) in [6.45, 7) is 0.696. The number of carbonyl (C=O) groups excluding carboxylic acids is 2. The van der Waals surface area contributed by atoms with Gasteiger partial charge in [0.1, 0.15) is 13.1 Å². The van der Waals surface area contributed by atoms with E-state index in [9.17, 15) is 14.4 Å². The van der Waals surface area contributed by atoms with Gasteiger partial charge in [0.25, 0.3) is 5.91 Å². The highest BCUT2D eigenvalue weighted by Gasteiger charge is 2.24. The molecule has 2 amide bonds. The lowest BCUT2D eigenvalue weighted by Gasteiger charge is -2.19. The number of nitrogens with zero attached hydrogens (tertiary/aromatic N) is 1. The SMILES string of the molecule is Cc1[nH]c2ccccc2c1C(=O)N(CC(N)=O)CC(=O)O. The maximum atomic E-state index is 12.5. The van der Waals surface area contributed by atoms with Crippen molar-refractivity contribution >= 4 is 28.7 Å². The summed E-state index contributed by atoms with van der Waals surface area (Å²) in [5, 5.41) is 9.55. The number of aryl methyl sites for hydroxylation is 1. The van der Waals surface area contributed by atoms with Crippen LogP contribution in [0.2, 0.25) is 0 Å². The molecule has 1 aromatic heterocycles. The molecule has 0 bridgehead atoms. The van der Waals surface area contributed by atoms with Crippen LogP contribution in [0, 0.1) is 6.92 Å². The van der Waals surface area contributed by atoms with Crippen LogP contribution in [-0.2, 0) is 9.59 Å². The Bertz CT molecular complexity index is 704. The second-order valence-electron chi connectivity index (χ2n) is 4.69. The lowest BCUT2D eigenvalue weighted by Crippen LogP contribution is -2.41. The molecule has 0 aliphatic rings. The molecule has 0 aliphatic heterocycles. The van der Waals surface area contributed by atoms with Crippen molar-refractivity contribution in [1.29, 1.82) is 0 Å². The standard InChI is InChI=1S/C14H15N3O4/c1-8-13(9-4-2-3-5-10(9)16-8)14(21)17(6-11(15)18)7-12(19)20/h2-5,16H,6-7H2,1H3,(H2,15,18)(H,19,20). The minimum Gasteiger partial charge on any atom is -0.480 e. The molecule has 21 heavy (non-hydrogen) atoms. The Balaban J connectivity index is 2.45. The van der Waals surface area contributed by atoms with Crippen LogP contribution in [0.4, 0.5) is 0 Å². The normalized spacial score (nSPS) is 10.5. The first-order chi connectivity index (χ1) is 9.90. The van der Waals surface area contributed by atoms with Gasteiger partial charge in [-0.25, -0.2) is 0 Å². The van der Waals surface area contributed by atoms with Crippen molar-refractivity contribution in [1.82, 2.24) is 9.88 Å². The molecule has 1 aromatic carbocycles. The van der Waals surface area contributed by atoms with E-state index in [1.54, 1.807) is 19.1 Å². The lowest BCUT2D eigenvalue weighted by atomic mass is 10.1. The number of hydrogen-bond donors (Lipinski definition) is 3. The van der Waals surface area contributed by atoms with Crippen molar-refractivity contribution in [3.63, 3.8) is 0 Å². The van der Waals surface area contributed by atoms with Gasteiger partial charge in [0.2, 0.25) is 5.91 Å². The molecule has 110 valence electrons. The highest BCUT2D eigenvalue weighted by molar-refractivity contribution is 6.09. The topological polar surface area (TPSA) is 116 Å². The number of carboxylic acids is 1. The number of hydrogen-bond acceptors (Lipinski definition) is 3. The third-order valence-corrected chi connectivity index (χ3v) is 3.07. The minimum absolute atomic E-state index is 0.355. The Kier molecular flexibility index (Phi) is 3.93. The number of carbonyl (C=O) groups is 3. The number of aliphatic carboxylic acids is 1. The van der Waals surface area contributed by atoms with Gasteiger partial charge in [-0.15, -0.1) is 0 Å². The van der Waals surface area contributed by atoms with Crippen LogP contribution in [-0.4, -0.2) is 45.9 Å². The summed E-state index contributed by atoms with van der Waals surface area (Å²) < 4.78 is 0. The average Bonchev–Trinajstić information content (AvgIpc) is 2.71. The van der Waals surface area contributed by atoms with E-state index >= 15 is 0 Å². The molecule has 0 saturated heterocycles. The number of aromatic nitrogens is 1. The maximum Gasteiger partial charge on any atom is 0.323 e. The summed E-state index contributed by atoms with van der Waals surface area (Å²) in [6, 6.07) is 7.18. The van der Waals surface area contributed by atoms with Gasteiger partial charge < -0.3 is 20.7 Å². The Labute approximate surface area is 120 Å². The second kappa shape index (κ2) is 5.66. The predicted molar refractivity (Wildman–Crippen MR) is 75.8 cm³/mol. The number of aromatic amines is 1. The van der Waals surface area contributed by atoms with Crippen LogP contribution in [0.5, 0.6) is 0 Å². The first-order valence-electron chi connectivity index (χ1n) is 6.27. The molecule has 0 spiro atoms. The van der Waals surface area contributed by atoms with Gasteiger partial charge in [0.15, 0.2) is 0 Å². The predicted octanol–water partition coefficient (Wildman–Crippen LogP) is 0.488. The van der Waals surface area contributed by atoms with Gasteiger partial charge in [-0.05, 0) is 13.0 Å². The second-order valence-corrected chi connectivity index (χ2v) is 4.69. The number of nitrogens with one attached hydrogen (secondary N) is 1. The fourth-order valence-corrected chi connectivity index (χ4v) is 2.26. The number of primary amides is 1. The van der Waals surface area contributed by atoms with E-state index in [2.05, 4.69) is 4.98 Å². The highest BCUT2D eigenvalue weighted by Crippen LogP contribution is 2.23. The molecule has 1 heterocycles. The van der Waals surface area contributed by atoms with Crippen LogP contribution < -0.4 is 5.73 Å². The third kappa shape index (κ3) is 3.02. The van der Waals surface area contributed by atoms with Crippen LogP contribution in [0.25, 0.3) is 10.9 Å². The van der Waals surface area contributed by atoms with Crippen molar-refractivity contribution in [3.05, 3.63) is 35.5 Å². The highest BCUT2D eigenvalue weighted by atomic mass is 16.4. The first-order valence-corrected chi connectivity index (χ1v) is 6.27. The van der Waals surface area contributed by atoms with Gasteiger partial charge in [-0.3, -0.25) is 14.4 Å². The van der Waals surface area contributed by atoms with Gasteiger partial charge in [0.05, 0.1) is 5.56 Å².